The Bertz CT molecular complexity index is 764. The summed E-state index contributed by atoms with van der Waals surface area (Å²) in [5.41, 5.74) is 0.663. The van der Waals surface area contributed by atoms with Gasteiger partial charge in [-0.05, 0) is 68.4 Å². The van der Waals surface area contributed by atoms with Gasteiger partial charge in [0.1, 0.15) is 5.52 Å². The number of nitrogens with one attached hydrogen (secondary N) is 1. The van der Waals surface area contributed by atoms with Crippen molar-refractivity contribution < 1.29 is 4.79 Å². The number of amides is 1. The molecule has 6 rings (SSSR count). The topological polar surface area (TPSA) is 42.0 Å². The van der Waals surface area contributed by atoms with E-state index in [1.165, 1.54) is 30.6 Å². The number of rotatable bonds is 2. The maximum atomic E-state index is 13.1. The molecule has 4 aliphatic carbocycles. The molecule has 1 aromatic carbocycles. The molecule has 4 saturated carbocycles. The van der Waals surface area contributed by atoms with Crippen molar-refractivity contribution in [2.75, 3.05) is 5.32 Å². The summed E-state index contributed by atoms with van der Waals surface area (Å²) in [6.45, 7) is 0. The Morgan fingerprint density at radius 2 is 1.83 bits per heavy atom. The van der Waals surface area contributed by atoms with Crippen LogP contribution in [0.1, 0.15) is 38.5 Å². The second-order valence-corrected chi connectivity index (χ2v) is 9.20. The Morgan fingerprint density at radius 3 is 2.43 bits per heavy atom. The molecule has 0 saturated heterocycles. The summed E-state index contributed by atoms with van der Waals surface area (Å²) in [6, 6.07) is 5.76. The fourth-order valence-electron chi connectivity index (χ4n) is 5.59. The summed E-state index contributed by atoms with van der Waals surface area (Å²) < 4.78 is 1.03. The van der Waals surface area contributed by atoms with E-state index >= 15 is 0 Å². The van der Waals surface area contributed by atoms with Crippen molar-refractivity contribution in [3.05, 3.63) is 23.2 Å². The Hall–Kier alpha value is -1.13. The molecule has 1 N–H and O–H groups in total. The molecule has 1 amide bonds. The average molecular weight is 347 g/mol. The predicted molar refractivity (Wildman–Crippen MR) is 93.9 cm³/mol. The Balaban J connectivity index is 1.43. The molecule has 0 aliphatic heterocycles. The number of hydrogen-bond donors (Lipinski definition) is 1. The Morgan fingerprint density at radius 1 is 1.17 bits per heavy atom. The predicted octanol–water partition coefficient (Wildman–Crippen LogP) is 5.10. The fraction of sp³-hybridized carbons (Fsp3) is 0.556. The molecule has 0 atom stereocenters. The molecular formula is C18H19ClN2OS. The summed E-state index contributed by atoms with van der Waals surface area (Å²) in [6.07, 6.45) is 7.29. The van der Waals surface area contributed by atoms with Gasteiger partial charge in [0.2, 0.25) is 5.91 Å². The lowest BCUT2D eigenvalue weighted by atomic mass is 9.49. The highest BCUT2D eigenvalue weighted by molar-refractivity contribution is 7.22. The first kappa shape index (κ1) is 14.2. The van der Waals surface area contributed by atoms with Crippen LogP contribution in [0.4, 0.5) is 5.13 Å². The van der Waals surface area contributed by atoms with Crippen LogP contribution < -0.4 is 5.32 Å². The van der Waals surface area contributed by atoms with Crippen molar-refractivity contribution in [2.45, 2.75) is 38.5 Å². The van der Waals surface area contributed by atoms with E-state index in [0.717, 1.165) is 47.2 Å². The first-order chi connectivity index (χ1) is 11.1. The third-order valence-electron chi connectivity index (χ3n) is 6.11. The SMILES string of the molecule is O=C(Nc1nc2c(Cl)cccc2s1)C12CC3CC(CC(C3)C1)C2. The lowest BCUT2D eigenvalue weighted by Gasteiger charge is -2.55. The van der Waals surface area contributed by atoms with Gasteiger partial charge in [0.05, 0.1) is 15.1 Å². The fourth-order valence-corrected chi connectivity index (χ4v) is 6.75. The molecule has 5 heteroatoms. The van der Waals surface area contributed by atoms with Crippen LogP contribution in [0.3, 0.4) is 0 Å². The molecule has 1 aromatic heterocycles. The maximum Gasteiger partial charge on any atom is 0.232 e. The van der Waals surface area contributed by atoms with E-state index < -0.39 is 0 Å². The number of para-hydroxylation sites is 1. The minimum atomic E-state index is -0.129. The van der Waals surface area contributed by atoms with Crippen molar-refractivity contribution in [3.8, 4) is 0 Å². The molecule has 4 bridgehead atoms. The summed E-state index contributed by atoms with van der Waals surface area (Å²) >= 11 is 7.71. The molecule has 0 spiro atoms. The molecule has 2 aromatic rings. The van der Waals surface area contributed by atoms with Crippen LogP contribution in [0.25, 0.3) is 10.2 Å². The van der Waals surface area contributed by atoms with Crippen molar-refractivity contribution in [1.29, 1.82) is 0 Å². The van der Waals surface area contributed by atoms with E-state index in [-0.39, 0.29) is 11.3 Å². The van der Waals surface area contributed by atoms with Gasteiger partial charge in [0.25, 0.3) is 0 Å². The molecule has 3 nitrogen and oxygen atoms in total. The van der Waals surface area contributed by atoms with Crippen LogP contribution in [0.5, 0.6) is 0 Å². The molecule has 4 aliphatic rings. The summed E-state index contributed by atoms with van der Waals surface area (Å²) in [5.74, 6) is 2.53. The van der Waals surface area contributed by atoms with Gasteiger partial charge >= 0.3 is 0 Å². The molecule has 0 radical (unpaired) electrons. The Labute approximate surface area is 144 Å². The zero-order valence-corrected chi connectivity index (χ0v) is 14.4. The van der Waals surface area contributed by atoms with Gasteiger partial charge in [0, 0.05) is 0 Å². The minimum Gasteiger partial charge on any atom is -0.301 e. The number of halogens is 1. The highest BCUT2D eigenvalue weighted by Crippen LogP contribution is 2.60. The second-order valence-electron chi connectivity index (χ2n) is 7.76. The van der Waals surface area contributed by atoms with Crippen LogP contribution in [-0.2, 0) is 4.79 Å². The summed E-state index contributed by atoms with van der Waals surface area (Å²) in [4.78, 5) is 17.6. The molecule has 1 heterocycles. The third-order valence-corrected chi connectivity index (χ3v) is 7.35. The average Bonchev–Trinajstić information content (AvgIpc) is 2.90. The third kappa shape index (κ3) is 2.22. The smallest absolute Gasteiger partial charge is 0.232 e. The van der Waals surface area contributed by atoms with E-state index in [1.807, 2.05) is 18.2 Å². The Kier molecular flexibility index (Phi) is 3.05. The van der Waals surface area contributed by atoms with E-state index in [0.29, 0.717) is 10.2 Å². The molecule has 0 unspecified atom stereocenters. The first-order valence-electron chi connectivity index (χ1n) is 8.48. The van der Waals surface area contributed by atoms with Crippen LogP contribution in [0.2, 0.25) is 5.02 Å². The number of carbonyl (C=O) groups excluding carboxylic acids is 1. The number of aromatic nitrogens is 1. The van der Waals surface area contributed by atoms with Crippen molar-refractivity contribution in [1.82, 2.24) is 4.98 Å². The van der Waals surface area contributed by atoms with E-state index in [1.54, 1.807) is 0 Å². The largest absolute Gasteiger partial charge is 0.301 e. The number of nitrogens with zero attached hydrogens (tertiary/aromatic N) is 1. The standard InChI is InChI=1S/C18H19ClN2OS/c19-13-2-1-3-14-15(13)20-17(23-14)21-16(22)18-7-10-4-11(8-18)6-12(5-10)9-18/h1-3,10-12H,4-9H2,(H,20,21,22). The van der Waals surface area contributed by atoms with Crippen molar-refractivity contribution in [3.63, 3.8) is 0 Å². The maximum absolute atomic E-state index is 13.1. The van der Waals surface area contributed by atoms with Crippen LogP contribution in [0.15, 0.2) is 18.2 Å². The number of fused-ring (bicyclic) bond motifs is 1. The first-order valence-corrected chi connectivity index (χ1v) is 9.67. The van der Waals surface area contributed by atoms with Crippen LogP contribution in [-0.4, -0.2) is 10.9 Å². The van der Waals surface area contributed by atoms with Gasteiger partial charge in [-0.3, -0.25) is 4.79 Å². The molecule has 120 valence electrons. The summed E-state index contributed by atoms with van der Waals surface area (Å²) in [7, 11) is 0. The van der Waals surface area contributed by atoms with Crippen molar-refractivity contribution >= 4 is 44.2 Å². The van der Waals surface area contributed by atoms with E-state index in [2.05, 4.69) is 10.3 Å². The number of hydrogen-bond acceptors (Lipinski definition) is 3. The van der Waals surface area contributed by atoms with Gasteiger partial charge in [-0.2, -0.15) is 0 Å². The van der Waals surface area contributed by atoms with Crippen LogP contribution >= 0.6 is 22.9 Å². The number of benzene rings is 1. The lowest BCUT2D eigenvalue weighted by Crippen LogP contribution is -2.51. The van der Waals surface area contributed by atoms with Gasteiger partial charge in [-0.25, -0.2) is 4.98 Å². The normalized spacial score (nSPS) is 34.9. The minimum absolute atomic E-state index is 0.129. The highest BCUT2D eigenvalue weighted by atomic mass is 35.5. The lowest BCUT2D eigenvalue weighted by molar-refractivity contribution is -0.140. The second kappa shape index (κ2) is 4.93. The van der Waals surface area contributed by atoms with E-state index in [4.69, 9.17) is 11.6 Å². The van der Waals surface area contributed by atoms with Crippen LogP contribution in [0, 0.1) is 23.2 Å². The number of carbonyl (C=O) groups is 1. The van der Waals surface area contributed by atoms with Gasteiger partial charge in [-0.1, -0.05) is 29.0 Å². The molecule has 23 heavy (non-hydrogen) atoms. The molecular weight excluding hydrogens is 328 g/mol. The van der Waals surface area contributed by atoms with Gasteiger partial charge < -0.3 is 5.32 Å². The number of anilines is 1. The van der Waals surface area contributed by atoms with Gasteiger partial charge in [0.15, 0.2) is 5.13 Å². The molecule has 4 fully saturated rings. The van der Waals surface area contributed by atoms with E-state index in [9.17, 15) is 4.79 Å². The quantitative estimate of drug-likeness (QED) is 0.821. The van der Waals surface area contributed by atoms with Crippen molar-refractivity contribution in [2.24, 2.45) is 23.2 Å². The summed E-state index contributed by atoms with van der Waals surface area (Å²) in [5, 5.41) is 4.46. The monoisotopic (exact) mass is 346 g/mol. The zero-order valence-electron chi connectivity index (χ0n) is 12.8. The zero-order chi connectivity index (χ0) is 15.6. The van der Waals surface area contributed by atoms with Gasteiger partial charge in [-0.15, -0.1) is 0 Å². The number of thiazole rings is 1. The highest BCUT2D eigenvalue weighted by Gasteiger charge is 2.54.